The van der Waals surface area contributed by atoms with Gasteiger partial charge in [0.15, 0.2) is 0 Å². The highest BCUT2D eigenvalue weighted by molar-refractivity contribution is 5.98. The minimum Gasteiger partial charge on any atom is -0.410 e. The summed E-state index contributed by atoms with van der Waals surface area (Å²) >= 11 is 0. The summed E-state index contributed by atoms with van der Waals surface area (Å²) in [5, 5.41) is 0. The number of hydrogen-bond donors (Lipinski definition) is 0. The second-order valence-electron chi connectivity index (χ2n) is 4.35. The van der Waals surface area contributed by atoms with Crippen LogP contribution in [0.5, 0.6) is 0 Å². The lowest BCUT2D eigenvalue weighted by molar-refractivity contribution is 0.122. The van der Waals surface area contributed by atoms with Gasteiger partial charge in [0.25, 0.3) is 0 Å². The van der Waals surface area contributed by atoms with Crippen molar-refractivity contribution < 1.29 is 4.43 Å². The zero-order chi connectivity index (χ0) is 10.8. The Morgan fingerprint density at radius 1 is 1.21 bits per heavy atom. The summed E-state index contributed by atoms with van der Waals surface area (Å²) in [6.07, 6.45) is 0. The maximum atomic E-state index is 5.32. The second-order valence-corrected chi connectivity index (χ2v) is 4.56. The first-order chi connectivity index (χ1) is 6.49. The van der Waals surface area contributed by atoms with Crippen molar-refractivity contribution in [3.05, 3.63) is 35.4 Å². The molecule has 0 spiro atoms. The summed E-state index contributed by atoms with van der Waals surface area (Å²) in [4.78, 5) is 0. The molecule has 2 heteroatoms. The van der Waals surface area contributed by atoms with Crippen molar-refractivity contribution >= 4 is 10.5 Å². The lowest BCUT2D eigenvalue weighted by Crippen LogP contribution is -2.22. The molecule has 1 aromatic carbocycles. The lowest BCUT2D eigenvalue weighted by Gasteiger charge is -2.27. The van der Waals surface area contributed by atoms with E-state index in [1.165, 1.54) is 11.1 Å². The van der Waals surface area contributed by atoms with Crippen molar-refractivity contribution in [2.45, 2.75) is 39.2 Å². The Morgan fingerprint density at radius 3 is 2.29 bits per heavy atom. The highest BCUT2D eigenvalue weighted by Gasteiger charge is 2.22. The fraction of sp³-hybridized carbons (Fsp3) is 0.500. The molecular formula is C12H17OSi. The van der Waals surface area contributed by atoms with E-state index in [0.717, 1.165) is 0 Å². The third kappa shape index (κ3) is 2.25. The SMILES string of the molecule is CC(C)c1ccccc1C(C)(C)O[Si]. The highest BCUT2D eigenvalue weighted by atomic mass is 28.2. The van der Waals surface area contributed by atoms with Gasteiger partial charge in [0.05, 0.1) is 5.60 Å². The molecule has 0 fully saturated rings. The Kier molecular flexibility index (Phi) is 3.51. The quantitative estimate of drug-likeness (QED) is 0.689. The van der Waals surface area contributed by atoms with E-state index in [4.69, 9.17) is 4.43 Å². The molecule has 75 valence electrons. The first kappa shape index (κ1) is 11.5. The van der Waals surface area contributed by atoms with E-state index in [1.807, 2.05) is 6.07 Å². The van der Waals surface area contributed by atoms with Crippen LogP contribution in [0.25, 0.3) is 0 Å². The summed E-state index contributed by atoms with van der Waals surface area (Å²) in [5.74, 6) is 0.521. The zero-order valence-corrected chi connectivity index (χ0v) is 10.3. The smallest absolute Gasteiger partial charge is 0.247 e. The van der Waals surface area contributed by atoms with Crippen molar-refractivity contribution in [1.29, 1.82) is 0 Å². The molecule has 0 heterocycles. The molecule has 0 N–H and O–H groups in total. The van der Waals surface area contributed by atoms with Gasteiger partial charge in [-0.3, -0.25) is 0 Å². The summed E-state index contributed by atoms with van der Waals surface area (Å²) in [6, 6.07) is 8.40. The summed E-state index contributed by atoms with van der Waals surface area (Å²) < 4.78 is 5.32. The van der Waals surface area contributed by atoms with Gasteiger partial charge in [0.2, 0.25) is 10.5 Å². The van der Waals surface area contributed by atoms with E-state index in [1.54, 1.807) is 0 Å². The monoisotopic (exact) mass is 205 g/mol. The van der Waals surface area contributed by atoms with Crippen LogP contribution in [-0.4, -0.2) is 10.5 Å². The Morgan fingerprint density at radius 2 is 1.79 bits per heavy atom. The fourth-order valence-corrected chi connectivity index (χ4v) is 1.71. The van der Waals surface area contributed by atoms with Gasteiger partial charge in [-0.15, -0.1) is 0 Å². The predicted molar refractivity (Wildman–Crippen MR) is 60.4 cm³/mol. The van der Waals surface area contributed by atoms with Crippen molar-refractivity contribution in [1.82, 2.24) is 0 Å². The topological polar surface area (TPSA) is 9.23 Å². The molecule has 0 saturated carbocycles. The summed E-state index contributed by atoms with van der Waals surface area (Å²) in [5.41, 5.74) is 2.30. The maximum absolute atomic E-state index is 5.32. The van der Waals surface area contributed by atoms with Gasteiger partial charge in [0, 0.05) is 0 Å². The van der Waals surface area contributed by atoms with Crippen LogP contribution in [0.2, 0.25) is 0 Å². The first-order valence-electron chi connectivity index (χ1n) is 4.93. The molecule has 0 bridgehead atoms. The predicted octanol–water partition coefficient (Wildman–Crippen LogP) is 3.15. The molecule has 1 aromatic rings. The molecular weight excluding hydrogens is 188 g/mol. The van der Waals surface area contributed by atoms with Crippen molar-refractivity contribution in [3.8, 4) is 0 Å². The number of hydrogen-bond acceptors (Lipinski definition) is 1. The van der Waals surface area contributed by atoms with E-state index < -0.39 is 0 Å². The van der Waals surface area contributed by atoms with E-state index in [9.17, 15) is 0 Å². The van der Waals surface area contributed by atoms with Gasteiger partial charge in [-0.25, -0.2) is 0 Å². The highest BCUT2D eigenvalue weighted by Crippen LogP contribution is 2.30. The molecule has 0 unspecified atom stereocenters. The van der Waals surface area contributed by atoms with Gasteiger partial charge < -0.3 is 4.43 Å². The normalized spacial score (nSPS) is 12.1. The second kappa shape index (κ2) is 4.28. The Bertz CT molecular complexity index is 305. The molecule has 0 saturated heterocycles. The lowest BCUT2D eigenvalue weighted by atomic mass is 9.88. The molecule has 14 heavy (non-hydrogen) atoms. The van der Waals surface area contributed by atoms with Crippen LogP contribution in [0, 0.1) is 0 Å². The van der Waals surface area contributed by atoms with Crippen molar-refractivity contribution in [2.75, 3.05) is 0 Å². The fourth-order valence-electron chi connectivity index (χ4n) is 1.60. The van der Waals surface area contributed by atoms with Crippen LogP contribution in [0.3, 0.4) is 0 Å². The Balaban J connectivity index is 3.20. The molecule has 0 atom stereocenters. The van der Waals surface area contributed by atoms with E-state index in [2.05, 4.69) is 56.4 Å². The molecule has 1 rings (SSSR count). The van der Waals surface area contributed by atoms with E-state index in [-0.39, 0.29) is 5.60 Å². The van der Waals surface area contributed by atoms with Gasteiger partial charge in [-0.05, 0) is 30.9 Å². The molecule has 1 nitrogen and oxygen atoms in total. The van der Waals surface area contributed by atoms with Crippen LogP contribution in [0.15, 0.2) is 24.3 Å². The van der Waals surface area contributed by atoms with Gasteiger partial charge in [-0.1, -0.05) is 38.1 Å². The van der Waals surface area contributed by atoms with E-state index in [0.29, 0.717) is 5.92 Å². The van der Waals surface area contributed by atoms with Crippen LogP contribution >= 0.6 is 0 Å². The van der Waals surface area contributed by atoms with Crippen LogP contribution < -0.4 is 0 Å². The van der Waals surface area contributed by atoms with Crippen LogP contribution in [0.4, 0.5) is 0 Å². The minimum absolute atomic E-state index is 0.280. The van der Waals surface area contributed by atoms with E-state index >= 15 is 0 Å². The molecule has 0 amide bonds. The number of rotatable bonds is 3. The third-order valence-corrected chi connectivity index (χ3v) is 3.00. The van der Waals surface area contributed by atoms with Crippen LogP contribution in [-0.2, 0) is 10.0 Å². The van der Waals surface area contributed by atoms with Crippen molar-refractivity contribution in [2.24, 2.45) is 0 Å². The van der Waals surface area contributed by atoms with Crippen LogP contribution in [0.1, 0.15) is 44.7 Å². The largest absolute Gasteiger partial charge is 0.410 e. The Labute approximate surface area is 90.0 Å². The van der Waals surface area contributed by atoms with Gasteiger partial charge in [-0.2, -0.15) is 0 Å². The maximum Gasteiger partial charge on any atom is 0.247 e. The average molecular weight is 205 g/mol. The summed E-state index contributed by atoms with van der Waals surface area (Å²) in [7, 11) is 3.14. The third-order valence-electron chi connectivity index (χ3n) is 2.49. The first-order valence-corrected chi connectivity index (χ1v) is 5.34. The van der Waals surface area contributed by atoms with Gasteiger partial charge in [0.1, 0.15) is 0 Å². The minimum atomic E-state index is -0.280. The summed E-state index contributed by atoms with van der Waals surface area (Å²) in [6.45, 7) is 8.51. The molecule has 0 aromatic heterocycles. The standard InChI is InChI=1S/C12H17OSi/c1-9(2)10-7-5-6-8-11(10)12(3,4)13-14/h5-9H,1-4H3. The zero-order valence-electron chi connectivity index (χ0n) is 9.29. The average Bonchev–Trinajstić information content (AvgIpc) is 2.18. The number of benzene rings is 1. The molecule has 0 aliphatic carbocycles. The van der Waals surface area contributed by atoms with Crippen molar-refractivity contribution in [3.63, 3.8) is 0 Å². The van der Waals surface area contributed by atoms with Gasteiger partial charge >= 0.3 is 0 Å². The molecule has 0 aliphatic heterocycles. The Hall–Kier alpha value is -0.603. The molecule has 3 radical (unpaired) electrons. The molecule has 0 aliphatic rings.